The maximum atomic E-state index is 13.3. The second-order valence-electron chi connectivity index (χ2n) is 9.66. The molecule has 1 amide bonds. The van der Waals surface area contributed by atoms with Crippen LogP contribution in [0.5, 0.6) is 0 Å². The number of nitrogens with one attached hydrogen (secondary N) is 1. The first-order valence-corrected chi connectivity index (χ1v) is 12.0. The van der Waals surface area contributed by atoms with E-state index < -0.39 is 0 Å². The number of amides is 1. The standard InChI is InChI=1S/C27H37N5O2/c1-17-9-8-10-18(2)23(17)14-28-26-25-22(19(3)20(4)32(25)11-12-34-7)13-24(29-26)27(33)31-15-21(16-31)30(5)6/h8-10,13,21H,11-12,14-16H2,1-7H3,(H,28,29). The van der Waals surface area contributed by atoms with Gasteiger partial charge in [-0.1, -0.05) is 18.2 Å². The van der Waals surface area contributed by atoms with Crippen LogP contribution in [0.4, 0.5) is 5.82 Å². The summed E-state index contributed by atoms with van der Waals surface area (Å²) in [5.74, 6) is 0.748. The van der Waals surface area contributed by atoms with E-state index in [1.165, 1.54) is 27.9 Å². The highest BCUT2D eigenvalue weighted by Gasteiger charge is 2.33. The number of aryl methyl sites for hydroxylation is 3. The van der Waals surface area contributed by atoms with Crippen molar-refractivity contribution in [3.8, 4) is 0 Å². The van der Waals surface area contributed by atoms with Gasteiger partial charge in [0.2, 0.25) is 0 Å². The molecule has 1 aliphatic heterocycles. The number of ether oxygens (including phenoxy) is 1. The van der Waals surface area contributed by atoms with Crippen molar-refractivity contribution < 1.29 is 9.53 Å². The molecule has 3 aromatic rings. The van der Waals surface area contributed by atoms with E-state index in [9.17, 15) is 4.79 Å². The number of rotatable bonds is 8. The molecular formula is C27H37N5O2. The number of methoxy groups -OCH3 is 1. The number of hydrogen-bond donors (Lipinski definition) is 1. The molecule has 182 valence electrons. The molecule has 0 bridgehead atoms. The van der Waals surface area contributed by atoms with Crippen molar-refractivity contribution >= 4 is 22.6 Å². The fraction of sp³-hybridized carbons (Fsp3) is 0.481. The Morgan fingerprint density at radius 2 is 1.85 bits per heavy atom. The smallest absolute Gasteiger partial charge is 0.272 e. The monoisotopic (exact) mass is 463 g/mol. The van der Waals surface area contributed by atoms with Gasteiger partial charge >= 0.3 is 0 Å². The number of carbonyl (C=O) groups excluding carboxylic acids is 1. The van der Waals surface area contributed by atoms with Crippen molar-refractivity contribution in [2.24, 2.45) is 0 Å². The van der Waals surface area contributed by atoms with E-state index in [0.29, 0.717) is 24.9 Å². The number of carbonyl (C=O) groups is 1. The maximum absolute atomic E-state index is 13.3. The van der Waals surface area contributed by atoms with Gasteiger partial charge in [-0.2, -0.15) is 0 Å². The lowest BCUT2D eigenvalue weighted by Gasteiger charge is -2.42. The lowest BCUT2D eigenvalue weighted by molar-refractivity contribution is 0.0394. The Hall–Kier alpha value is -2.90. The Kier molecular flexibility index (Phi) is 6.96. The van der Waals surface area contributed by atoms with Gasteiger partial charge < -0.3 is 24.4 Å². The van der Waals surface area contributed by atoms with Crippen LogP contribution < -0.4 is 5.32 Å². The molecule has 0 unspecified atom stereocenters. The van der Waals surface area contributed by atoms with Gasteiger partial charge in [0.1, 0.15) is 5.69 Å². The van der Waals surface area contributed by atoms with Crippen LogP contribution in [0.1, 0.15) is 38.4 Å². The largest absolute Gasteiger partial charge is 0.383 e. The highest BCUT2D eigenvalue weighted by atomic mass is 16.5. The molecule has 4 rings (SSSR count). The average molecular weight is 464 g/mol. The van der Waals surface area contributed by atoms with Crippen molar-refractivity contribution in [3.63, 3.8) is 0 Å². The minimum Gasteiger partial charge on any atom is -0.383 e. The first-order chi connectivity index (χ1) is 16.2. The summed E-state index contributed by atoms with van der Waals surface area (Å²) in [5.41, 5.74) is 7.62. The number of hydrogen-bond acceptors (Lipinski definition) is 5. The Bertz CT molecular complexity index is 1190. The van der Waals surface area contributed by atoms with Gasteiger partial charge in [-0.15, -0.1) is 0 Å². The summed E-state index contributed by atoms with van der Waals surface area (Å²) < 4.78 is 7.64. The van der Waals surface area contributed by atoms with Gasteiger partial charge in [-0.05, 0) is 70.1 Å². The number of likely N-dealkylation sites (N-methyl/N-ethyl adjacent to an activating group) is 1. The van der Waals surface area contributed by atoms with Crippen LogP contribution in [0, 0.1) is 27.7 Å². The molecule has 0 spiro atoms. The van der Waals surface area contributed by atoms with E-state index in [0.717, 1.165) is 36.4 Å². The van der Waals surface area contributed by atoms with E-state index >= 15 is 0 Å². The third kappa shape index (κ3) is 4.42. The lowest BCUT2D eigenvalue weighted by Crippen LogP contribution is -2.59. The number of anilines is 1. The minimum absolute atomic E-state index is 0.00295. The molecule has 0 radical (unpaired) electrons. The van der Waals surface area contributed by atoms with Gasteiger partial charge in [0.05, 0.1) is 12.1 Å². The van der Waals surface area contributed by atoms with E-state index in [4.69, 9.17) is 9.72 Å². The molecule has 7 nitrogen and oxygen atoms in total. The number of nitrogens with zero attached hydrogens (tertiary/aromatic N) is 4. The summed E-state index contributed by atoms with van der Waals surface area (Å²) in [6.07, 6.45) is 0. The molecule has 2 aromatic heterocycles. The second-order valence-corrected chi connectivity index (χ2v) is 9.66. The first kappa shape index (κ1) is 24.2. The predicted molar refractivity (Wildman–Crippen MR) is 138 cm³/mol. The molecule has 34 heavy (non-hydrogen) atoms. The summed E-state index contributed by atoms with van der Waals surface area (Å²) in [6, 6.07) is 8.73. The zero-order valence-corrected chi connectivity index (χ0v) is 21.5. The van der Waals surface area contributed by atoms with Crippen molar-refractivity contribution in [1.82, 2.24) is 19.4 Å². The highest BCUT2D eigenvalue weighted by Crippen LogP contribution is 2.32. The van der Waals surface area contributed by atoms with Crippen LogP contribution in [-0.4, -0.2) is 72.2 Å². The number of aromatic nitrogens is 2. The first-order valence-electron chi connectivity index (χ1n) is 12.0. The third-order valence-corrected chi connectivity index (χ3v) is 7.31. The molecule has 0 saturated carbocycles. The van der Waals surface area contributed by atoms with Crippen LogP contribution in [0.15, 0.2) is 24.3 Å². The van der Waals surface area contributed by atoms with Gasteiger partial charge in [0, 0.05) is 50.4 Å². The molecule has 7 heteroatoms. The van der Waals surface area contributed by atoms with Crippen molar-refractivity contribution in [2.45, 2.75) is 46.8 Å². The van der Waals surface area contributed by atoms with E-state index in [1.807, 2.05) is 11.0 Å². The van der Waals surface area contributed by atoms with E-state index in [1.54, 1.807) is 7.11 Å². The Labute approximate surface area is 202 Å². The summed E-state index contributed by atoms with van der Waals surface area (Å²) >= 11 is 0. The Balaban J connectivity index is 1.75. The molecular weight excluding hydrogens is 426 g/mol. The molecule has 1 N–H and O–H groups in total. The Morgan fingerprint density at radius 1 is 1.18 bits per heavy atom. The quantitative estimate of drug-likeness (QED) is 0.549. The van der Waals surface area contributed by atoms with Crippen LogP contribution in [0.2, 0.25) is 0 Å². The number of pyridine rings is 1. The van der Waals surface area contributed by atoms with E-state index in [2.05, 4.69) is 74.8 Å². The highest BCUT2D eigenvalue weighted by molar-refractivity contribution is 6.01. The molecule has 1 fully saturated rings. The summed E-state index contributed by atoms with van der Waals surface area (Å²) in [7, 11) is 5.83. The molecule has 0 atom stereocenters. The van der Waals surface area contributed by atoms with Crippen molar-refractivity contribution in [1.29, 1.82) is 0 Å². The number of likely N-dealkylation sites (tertiary alicyclic amines) is 1. The maximum Gasteiger partial charge on any atom is 0.272 e. The SMILES string of the molecule is COCCn1c(C)c(C)c2cc(C(=O)N3CC(N(C)C)C3)nc(NCc3c(C)cccc3C)c21. The summed E-state index contributed by atoms with van der Waals surface area (Å²) in [6.45, 7) is 12.0. The normalized spacial score (nSPS) is 14.2. The molecule has 1 aliphatic rings. The van der Waals surface area contributed by atoms with Gasteiger partial charge in [0.25, 0.3) is 5.91 Å². The van der Waals surface area contributed by atoms with Crippen LogP contribution in [0.3, 0.4) is 0 Å². The van der Waals surface area contributed by atoms with Gasteiger partial charge in [-0.25, -0.2) is 4.98 Å². The number of fused-ring (bicyclic) bond motifs is 1. The topological polar surface area (TPSA) is 62.6 Å². The fourth-order valence-corrected chi connectivity index (χ4v) is 4.77. The molecule has 3 heterocycles. The van der Waals surface area contributed by atoms with Gasteiger partial charge in [-0.3, -0.25) is 4.79 Å². The van der Waals surface area contributed by atoms with Crippen LogP contribution >= 0.6 is 0 Å². The second kappa shape index (κ2) is 9.76. The molecule has 1 saturated heterocycles. The van der Waals surface area contributed by atoms with Gasteiger partial charge in [0.15, 0.2) is 5.82 Å². The zero-order valence-electron chi connectivity index (χ0n) is 21.5. The lowest BCUT2D eigenvalue weighted by atomic mass is 10.0. The number of benzene rings is 1. The average Bonchev–Trinajstić information content (AvgIpc) is 3.00. The molecule has 1 aromatic carbocycles. The van der Waals surface area contributed by atoms with E-state index in [-0.39, 0.29) is 5.91 Å². The minimum atomic E-state index is -0.00295. The van der Waals surface area contributed by atoms with Crippen LogP contribution in [-0.2, 0) is 17.8 Å². The Morgan fingerprint density at radius 3 is 2.47 bits per heavy atom. The summed E-state index contributed by atoms with van der Waals surface area (Å²) in [4.78, 5) is 22.3. The summed E-state index contributed by atoms with van der Waals surface area (Å²) in [5, 5.41) is 4.66. The molecule has 0 aliphatic carbocycles. The fourth-order valence-electron chi connectivity index (χ4n) is 4.77. The predicted octanol–water partition coefficient (Wildman–Crippen LogP) is 3.91. The zero-order chi connectivity index (χ0) is 24.6. The van der Waals surface area contributed by atoms with Crippen LogP contribution in [0.25, 0.3) is 10.9 Å². The van der Waals surface area contributed by atoms with Crippen molar-refractivity contribution in [3.05, 3.63) is 57.9 Å². The van der Waals surface area contributed by atoms with Crippen molar-refractivity contribution in [2.75, 3.05) is 46.2 Å². The third-order valence-electron chi connectivity index (χ3n) is 7.31.